The topological polar surface area (TPSA) is 93.8 Å². The van der Waals surface area contributed by atoms with Crippen LogP contribution in [0.1, 0.15) is 38.5 Å². The van der Waals surface area contributed by atoms with Crippen LogP contribution in [-0.2, 0) is 4.79 Å². The van der Waals surface area contributed by atoms with Crippen LogP contribution in [0.15, 0.2) is 24.5 Å². The number of fused-ring (bicyclic) bond motifs is 1. The van der Waals surface area contributed by atoms with E-state index < -0.39 is 0 Å². The molecule has 0 radical (unpaired) electrons. The zero-order valence-corrected chi connectivity index (χ0v) is 12.5. The first-order chi connectivity index (χ1) is 10.7. The number of pyridine rings is 1. The van der Waals surface area contributed by atoms with Crippen LogP contribution in [0.4, 0.5) is 5.82 Å². The van der Waals surface area contributed by atoms with E-state index in [1.54, 1.807) is 12.4 Å². The van der Waals surface area contributed by atoms with Crippen LogP contribution in [0, 0.1) is 5.92 Å². The lowest BCUT2D eigenvalue weighted by atomic mass is 9.82. The van der Waals surface area contributed by atoms with Gasteiger partial charge in [-0.15, -0.1) is 0 Å². The highest BCUT2D eigenvalue weighted by atomic mass is 16.1. The predicted molar refractivity (Wildman–Crippen MR) is 85.1 cm³/mol. The maximum absolute atomic E-state index is 11.4. The molecule has 1 fully saturated rings. The fraction of sp³-hybridized carbons (Fsp3) is 0.500. The normalized spacial score (nSPS) is 17.3. The number of carbonyl (C=O) groups excluding carboxylic acids is 1. The number of aromatic nitrogens is 3. The second-order valence-electron chi connectivity index (χ2n) is 5.91. The number of hydrogen-bond donors (Lipinski definition) is 2. The molecule has 0 aliphatic heterocycles. The first kappa shape index (κ1) is 14.7. The van der Waals surface area contributed by atoms with E-state index in [-0.39, 0.29) is 11.9 Å². The summed E-state index contributed by atoms with van der Waals surface area (Å²) < 4.78 is 0. The molecule has 6 heteroatoms. The summed E-state index contributed by atoms with van der Waals surface area (Å²) in [5, 5.41) is 3.39. The number of amides is 1. The number of primary amides is 1. The Morgan fingerprint density at radius 2 is 2.00 bits per heavy atom. The van der Waals surface area contributed by atoms with Crippen molar-refractivity contribution >= 4 is 22.9 Å². The molecule has 3 N–H and O–H groups in total. The van der Waals surface area contributed by atoms with Crippen LogP contribution in [0.25, 0.3) is 11.2 Å². The van der Waals surface area contributed by atoms with Crippen LogP contribution in [0.5, 0.6) is 0 Å². The Bertz CT molecular complexity index is 654. The highest BCUT2D eigenvalue weighted by Gasteiger charge is 2.25. The molecule has 2 aromatic heterocycles. The first-order valence-corrected chi connectivity index (χ1v) is 7.85. The zero-order chi connectivity index (χ0) is 15.4. The average molecular weight is 299 g/mol. The predicted octanol–water partition coefficient (Wildman–Crippen LogP) is 2.26. The van der Waals surface area contributed by atoms with Crippen molar-refractivity contribution in [2.45, 2.75) is 44.6 Å². The van der Waals surface area contributed by atoms with Gasteiger partial charge in [-0.3, -0.25) is 9.78 Å². The number of nitrogens with zero attached hydrogens (tertiary/aromatic N) is 3. The van der Waals surface area contributed by atoms with E-state index in [0.717, 1.165) is 24.2 Å². The molecule has 6 nitrogen and oxygen atoms in total. The maximum atomic E-state index is 11.4. The first-order valence-electron chi connectivity index (χ1n) is 7.85. The van der Waals surface area contributed by atoms with Gasteiger partial charge in [0.05, 0.1) is 0 Å². The Morgan fingerprint density at radius 1 is 1.23 bits per heavy atom. The zero-order valence-electron chi connectivity index (χ0n) is 12.5. The van der Waals surface area contributed by atoms with Gasteiger partial charge in [0.15, 0.2) is 5.65 Å². The van der Waals surface area contributed by atoms with Gasteiger partial charge in [-0.2, -0.15) is 0 Å². The van der Waals surface area contributed by atoms with Crippen LogP contribution >= 0.6 is 0 Å². The third-order valence-electron chi connectivity index (χ3n) is 4.30. The molecule has 116 valence electrons. The second-order valence-corrected chi connectivity index (χ2v) is 5.91. The van der Waals surface area contributed by atoms with Gasteiger partial charge in [0.1, 0.15) is 11.3 Å². The quantitative estimate of drug-likeness (QED) is 0.883. The lowest BCUT2D eigenvalue weighted by Crippen LogP contribution is -2.35. The number of carbonyl (C=O) groups is 1. The van der Waals surface area contributed by atoms with Gasteiger partial charge >= 0.3 is 0 Å². The minimum Gasteiger partial charge on any atom is -0.370 e. The van der Waals surface area contributed by atoms with Gasteiger partial charge in [0, 0.05) is 24.9 Å². The summed E-state index contributed by atoms with van der Waals surface area (Å²) >= 11 is 0. The molecule has 2 aromatic rings. The third-order valence-corrected chi connectivity index (χ3v) is 4.30. The summed E-state index contributed by atoms with van der Waals surface area (Å²) in [6.45, 7) is 0. The van der Waals surface area contributed by atoms with Crippen molar-refractivity contribution in [3.05, 3.63) is 24.5 Å². The number of rotatable bonds is 5. The molecule has 0 saturated heterocycles. The summed E-state index contributed by atoms with van der Waals surface area (Å²) in [7, 11) is 0. The molecule has 1 aliphatic rings. The van der Waals surface area contributed by atoms with Gasteiger partial charge < -0.3 is 11.1 Å². The Labute approximate surface area is 129 Å². The van der Waals surface area contributed by atoms with Crippen LogP contribution in [-0.4, -0.2) is 26.9 Å². The van der Waals surface area contributed by atoms with Gasteiger partial charge in [-0.05, 0) is 30.9 Å². The lowest BCUT2D eigenvalue weighted by molar-refractivity contribution is -0.118. The van der Waals surface area contributed by atoms with Crippen molar-refractivity contribution in [1.82, 2.24) is 15.0 Å². The van der Waals surface area contributed by atoms with Crippen molar-refractivity contribution in [2.24, 2.45) is 11.7 Å². The van der Waals surface area contributed by atoms with E-state index in [0.29, 0.717) is 18.0 Å². The molecule has 0 aromatic carbocycles. The van der Waals surface area contributed by atoms with E-state index in [1.807, 2.05) is 12.1 Å². The molecule has 2 heterocycles. The number of hydrogen-bond acceptors (Lipinski definition) is 5. The second kappa shape index (κ2) is 6.68. The minimum atomic E-state index is -0.274. The molecule has 1 aliphatic carbocycles. The van der Waals surface area contributed by atoms with Gasteiger partial charge in [0.25, 0.3) is 0 Å². The van der Waals surface area contributed by atoms with Crippen molar-refractivity contribution in [3.8, 4) is 0 Å². The molecule has 0 spiro atoms. The molecule has 1 saturated carbocycles. The van der Waals surface area contributed by atoms with Gasteiger partial charge in [-0.1, -0.05) is 19.3 Å². The van der Waals surface area contributed by atoms with Crippen LogP contribution in [0.3, 0.4) is 0 Å². The van der Waals surface area contributed by atoms with E-state index >= 15 is 0 Å². The molecular formula is C16H21N5O. The Morgan fingerprint density at radius 3 is 2.77 bits per heavy atom. The molecular weight excluding hydrogens is 278 g/mol. The van der Waals surface area contributed by atoms with Crippen molar-refractivity contribution in [3.63, 3.8) is 0 Å². The third kappa shape index (κ3) is 3.50. The molecule has 1 unspecified atom stereocenters. The van der Waals surface area contributed by atoms with E-state index in [4.69, 9.17) is 5.73 Å². The molecule has 22 heavy (non-hydrogen) atoms. The minimum absolute atomic E-state index is 0.0411. The summed E-state index contributed by atoms with van der Waals surface area (Å²) in [6, 6.07) is 3.81. The summed E-state index contributed by atoms with van der Waals surface area (Å²) in [4.78, 5) is 24.3. The van der Waals surface area contributed by atoms with E-state index in [2.05, 4.69) is 20.3 Å². The molecule has 1 amide bonds. The fourth-order valence-corrected chi connectivity index (χ4v) is 3.21. The number of nitrogens with two attached hydrogens (primary N) is 1. The lowest BCUT2D eigenvalue weighted by Gasteiger charge is -2.30. The van der Waals surface area contributed by atoms with Crippen LogP contribution < -0.4 is 11.1 Å². The Hall–Kier alpha value is -2.24. The summed E-state index contributed by atoms with van der Waals surface area (Å²) in [5.74, 6) is 0.925. The van der Waals surface area contributed by atoms with Crippen molar-refractivity contribution in [2.75, 3.05) is 5.32 Å². The Balaban J connectivity index is 1.79. The largest absolute Gasteiger partial charge is 0.370 e. The number of anilines is 1. The molecule has 3 rings (SSSR count). The summed E-state index contributed by atoms with van der Waals surface area (Å²) in [6.07, 6.45) is 9.61. The average Bonchev–Trinajstić information content (AvgIpc) is 2.54. The monoisotopic (exact) mass is 299 g/mol. The van der Waals surface area contributed by atoms with E-state index in [1.165, 1.54) is 19.3 Å². The van der Waals surface area contributed by atoms with Crippen molar-refractivity contribution < 1.29 is 4.79 Å². The highest BCUT2D eigenvalue weighted by Crippen LogP contribution is 2.29. The standard InChI is InChI=1S/C16H21N5O/c17-14(22)10-13(11-4-2-1-3-5-11)20-15-7-6-12-16(21-15)19-9-8-18-12/h6-9,11,13H,1-5,10H2,(H2,17,22)(H,19,20,21). The van der Waals surface area contributed by atoms with E-state index in [9.17, 15) is 4.79 Å². The van der Waals surface area contributed by atoms with Gasteiger partial charge in [0.2, 0.25) is 5.91 Å². The molecule has 0 bridgehead atoms. The fourth-order valence-electron chi connectivity index (χ4n) is 3.21. The van der Waals surface area contributed by atoms with Crippen LogP contribution in [0.2, 0.25) is 0 Å². The molecule has 1 atom stereocenters. The SMILES string of the molecule is NC(=O)CC(Nc1ccc2nccnc2n1)C1CCCCC1. The summed E-state index contributed by atoms with van der Waals surface area (Å²) in [5.41, 5.74) is 6.79. The highest BCUT2D eigenvalue weighted by molar-refractivity contribution is 5.75. The van der Waals surface area contributed by atoms with Gasteiger partial charge in [-0.25, -0.2) is 9.97 Å². The smallest absolute Gasteiger partial charge is 0.219 e. The number of nitrogens with one attached hydrogen (secondary N) is 1. The Kier molecular flexibility index (Phi) is 4.46. The van der Waals surface area contributed by atoms with Crippen molar-refractivity contribution in [1.29, 1.82) is 0 Å². The maximum Gasteiger partial charge on any atom is 0.219 e.